The molecule has 0 aliphatic heterocycles. The molecule has 1 N–H and O–H groups in total. The standard InChI is InChI=1S/C17H16BrClN2O3S/c18-13-5-3-11(4-6-13)14-10-15(14)17(22)21-25(23,24)9-7-12-2-1-8-20-16(12)19/h1-6,8,14-15H,7,9-10H2,(H,21,22)/t14-,15+/m0/s1. The molecule has 1 saturated carbocycles. The van der Waals surface area contributed by atoms with E-state index in [-0.39, 0.29) is 29.2 Å². The number of hydrogen-bond acceptors (Lipinski definition) is 4. The second-order valence-electron chi connectivity index (χ2n) is 5.99. The first-order valence-electron chi connectivity index (χ1n) is 7.75. The fourth-order valence-corrected chi connectivity index (χ4v) is 4.22. The molecule has 2 aromatic rings. The molecular weight excluding hydrogens is 428 g/mol. The molecule has 0 bridgehead atoms. The lowest BCUT2D eigenvalue weighted by Crippen LogP contribution is -2.34. The van der Waals surface area contributed by atoms with Gasteiger partial charge in [-0.25, -0.2) is 13.4 Å². The average molecular weight is 444 g/mol. The predicted octanol–water partition coefficient (Wildman–Crippen LogP) is 3.29. The zero-order valence-electron chi connectivity index (χ0n) is 13.2. The fourth-order valence-electron chi connectivity index (χ4n) is 2.69. The third kappa shape index (κ3) is 4.80. The van der Waals surface area contributed by atoms with Crippen LogP contribution in [0.15, 0.2) is 47.1 Å². The first-order valence-corrected chi connectivity index (χ1v) is 10.6. The number of benzene rings is 1. The number of hydrogen-bond donors (Lipinski definition) is 1. The summed E-state index contributed by atoms with van der Waals surface area (Å²) in [7, 11) is -3.71. The highest BCUT2D eigenvalue weighted by Gasteiger charge is 2.44. The van der Waals surface area contributed by atoms with Crippen molar-refractivity contribution < 1.29 is 13.2 Å². The van der Waals surface area contributed by atoms with E-state index in [0.717, 1.165) is 10.0 Å². The van der Waals surface area contributed by atoms with Gasteiger partial charge < -0.3 is 0 Å². The maximum atomic E-state index is 12.2. The summed E-state index contributed by atoms with van der Waals surface area (Å²) in [5.74, 6) is -0.862. The minimum absolute atomic E-state index is 0.0797. The van der Waals surface area contributed by atoms with E-state index in [2.05, 4.69) is 25.6 Å². The van der Waals surface area contributed by atoms with Crippen LogP contribution in [0.3, 0.4) is 0 Å². The van der Waals surface area contributed by atoms with Crippen LogP contribution in [-0.2, 0) is 21.2 Å². The molecule has 1 fully saturated rings. The zero-order valence-corrected chi connectivity index (χ0v) is 16.3. The first-order chi connectivity index (χ1) is 11.9. The smallest absolute Gasteiger partial charge is 0.237 e. The van der Waals surface area contributed by atoms with Crippen LogP contribution in [0.5, 0.6) is 0 Å². The number of pyridine rings is 1. The lowest BCUT2D eigenvalue weighted by Gasteiger charge is -2.07. The second kappa shape index (κ2) is 7.43. The number of carbonyl (C=O) groups is 1. The Bertz CT molecular complexity index is 887. The van der Waals surface area contributed by atoms with E-state index in [1.807, 2.05) is 24.3 Å². The van der Waals surface area contributed by atoms with E-state index < -0.39 is 15.9 Å². The number of sulfonamides is 1. The summed E-state index contributed by atoms with van der Waals surface area (Å²) in [6.07, 6.45) is 2.41. The van der Waals surface area contributed by atoms with Crippen LogP contribution in [0.4, 0.5) is 0 Å². The van der Waals surface area contributed by atoms with E-state index in [0.29, 0.717) is 12.0 Å². The maximum Gasteiger partial charge on any atom is 0.237 e. The van der Waals surface area contributed by atoms with Crippen LogP contribution < -0.4 is 4.72 Å². The Morgan fingerprint density at radius 3 is 2.68 bits per heavy atom. The van der Waals surface area contributed by atoms with Gasteiger partial charge in [0.15, 0.2) is 0 Å². The lowest BCUT2D eigenvalue weighted by molar-refractivity contribution is -0.120. The second-order valence-corrected chi connectivity index (χ2v) is 9.10. The number of aromatic nitrogens is 1. The molecule has 0 unspecified atom stereocenters. The van der Waals surface area contributed by atoms with E-state index >= 15 is 0 Å². The van der Waals surface area contributed by atoms with Crippen LogP contribution in [0.25, 0.3) is 0 Å². The summed E-state index contributed by atoms with van der Waals surface area (Å²) in [5.41, 5.74) is 1.68. The molecule has 1 heterocycles. The van der Waals surface area contributed by atoms with Gasteiger partial charge in [-0.3, -0.25) is 9.52 Å². The van der Waals surface area contributed by atoms with Crippen molar-refractivity contribution in [2.45, 2.75) is 18.8 Å². The summed E-state index contributed by atoms with van der Waals surface area (Å²) in [6.45, 7) is 0. The Morgan fingerprint density at radius 2 is 2.00 bits per heavy atom. The Morgan fingerprint density at radius 1 is 1.28 bits per heavy atom. The van der Waals surface area contributed by atoms with Crippen molar-refractivity contribution in [3.05, 3.63) is 63.3 Å². The maximum absolute atomic E-state index is 12.2. The minimum Gasteiger partial charge on any atom is -0.274 e. The largest absolute Gasteiger partial charge is 0.274 e. The lowest BCUT2D eigenvalue weighted by atomic mass is 10.1. The van der Waals surface area contributed by atoms with Crippen molar-refractivity contribution in [3.8, 4) is 0 Å². The SMILES string of the molecule is O=C(NS(=O)(=O)CCc1cccnc1Cl)[C@@H]1C[C@H]1c1ccc(Br)cc1. The molecule has 132 valence electrons. The normalized spacial score (nSPS) is 19.4. The number of amides is 1. The van der Waals surface area contributed by atoms with Crippen LogP contribution in [-0.4, -0.2) is 25.1 Å². The number of aryl methyl sites for hydroxylation is 1. The fraction of sp³-hybridized carbons (Fsp3) is 0.294. The summed E-state index contributed by atoms with van der Waals surface area (Å²) in [5, 5.41) is 0.279. The van der Waals surface area contributed by atoms with Crippen LogP contribution in [0.2, 0.25) is 5.15 Å². The van der Waals surface area contributed by atoms with E-state index in [1.54, 1.807) is 12.1 Å². The van der Waals surface area contributed by atoms with Crippen LogP contribution >= 0.6 is 27.5 Å². The van der Waals surface area contributed by atoms with Gasteiger partial charge in [0, 0.05) is 16.6 Å². The van der Waals surface area contributed by atoms with Gasteiger partial charge in [-0.15, -0.1) is 0 Å². The highest BCUT2D eigenvalue weighted by atomic mass is 79.9. The third-order valence-electron chi connectivity index (χ3n) is 4.16. The number of nitrogens with one attached hydrogen (secondary N) is 1. The van der Waals surface area contributed by atoms with Crippen LogP contribution in [0.1, 0.15) is 23.5 Å². The van der Waals surface area contributed by atoms with Gasteiger partial charge in [0.2, 0.25) is 15.9 Å². The molecule has 0 spiro atoms. The predicted molar refractivity (Wildman–Crippen MR) is 99.9 cm³/mol. The highest BCUT2D eigenvalue weighted by molar-refractivity contribution is 9.10. The van der Waals surface area contributed by atoms with Gasteiger partial charge in [-0.1, -0.05) is 45.7 Å². The Balaban J connectivity index is 1.55. The third-order valence-corrected chi connectivity index (χ3v) is 6.28. The Kier molecular flexibility index (Phi) is 5.46. The van der Waals surface area contributed by atoms with Crippen molar-refractivity contribution in [2.75, 3.05) is 5.75 Å². The number of carbonyl (C=O) groups excluding carboxylic acids is 1. The average Bonchev–Trinajstić information content (AvgIpc) is 3.35. The monoisotopic (exact) mass is 442 g/mol. The first kappa shape index (κ1) is 18.4. The van der Waals surface area contributed by atoms with Crippen molar-refractivity contribution in [1.82, 2.24) is 9.71 Å². The van der Waals surface area contributed by atoms with Crippen molar-refractivity contribution >= 4 is 43.5 Å². The molecule has 0 radical (unpaired) electrons. The van der Waals surface area contributed by atoms with Gasteiger partial charge in [0.05, 0.1) is 5.75 Å². The molecule has 5 nitrogen and oxygen atoms in total. The number of nitrogens with zero attached hydrogens (tertiary/aromatic N) is 1. The topological polar surface area (TPSA) is 76.1 Å². The van der Waals surface area contributed by atoms with Crippen molar-refractivity contribution in [3.63, 3.8) is 0 Å². The zero-order chi connectivity index (χ0) is 18.0. The molecule has 1 amide bonds. The molecule has 1 aliphatic rings. The number of halogens is 2. The molecule has 25 heavy (non-hydrogen) atoms. The molecule has 3 rings (SSSR count). The summed E-state index contributed by atoms with van der Waals surface area (Å²) >= 11 is 9.29. The molecule has 0 saturated heterocycles. The molecule has 1 aromatic heterocycles. The Labute approximate surface area is 160 Å². The quantitative estimate of drug-likeness (QED) is 0.695. The highest BCUT2D eigenvalue weighted by Crippen LogP contribution is 2.47. The molecule has 1 aliphatic carbocycles. The molecule has 2 atom stereocenters. The van der Waals surface area contributed by atoms with Crippen molar-refractivity contribution in [1.29, 1.82) is 0 Å². The summed E-state index contributed by atoms with van der Waals surface area (Å²) in [6, 6.07) is 11.1. The van der Waals surface area contributed by atoms with E-state index in [1.165, 1.54) is 6.20 Å². The van der Waals surface area contributed by atoms with Gasteiger partial charge in [0.1, 0.15) is 5.15 Å². The molecule has 8 heteroatoms. The van der Waals surface area contributed by atoms with Gasteiger partial charge in [-0.05, 0) is 48.1 Å². The summed E-state index contributed by atoms with van der Waals surface area (Å²) in [4.78, 5) is 16.1. The molecule has 1 aromatic carbocycles. The minimum atomic E-state index is -3.71. The van der Waals surface area contributed by atoms with Crippen LogP contribution in [0, 0.1) is 5.92 Å². The van der Waals surface area contributed by atoms with Gasteiger partial charge in [-0.2, -0.15) is 0 Å². The summed E-state index contributed by atoms with van der Waals surface area (Å²) < 4.78 is 27.4. The van der Waals surface area contributed by atoms with Crippen molar-refractivity contribution in [2.24, 2.45) is 5.92 Å². The van der Waals surface area contributed by atoms with Gasteiger partial charge >= 0.3 is 0 Å². The van der Waals surface area contributed by atoms with E-state index in [4.69, 9.17) is 11.6 Å². The number of rotatable bonds is 6. The van der Waals surface area contributed by atoms with Gasteiger partial charge in [0.25, 0.3) is 0 Å². The molecular formula is C17H16BrClN2O3S. The Hall–Kier alpha value is -1.44. The van der Waals surface area contributed by atoms with E-state index in [9.17, 15) is 13.2 Å².